The molecule has 0 N–H and O–H groups in total. The minimum Gasteiger partial charge on any atom is -0.300 e. The highest BCUT2D eigenvalue weighted by atomic mass is 35.5. The molecule has 74 valence electrons. The topological polar surface area (TPSA) is 20.3 Å². The molecule has 0 spiro atoms. The average molecular weight is 202 g/mol. The smallest absolute Gasteiger partial charge is 0.226 e. The first-order valence-corrected chi connectivity index (χ1v) is 5.58. The first-order valence-electron chi connectivity index (χ1n) is 5.21. The highest BCUT2D eigenvalue weighted by molar-refractivity contribution is 6.64. The Hall–Kier alpha value is -0.0800. The molecule has 13 heavy (non-hydrogen) atoms. The number of fused-ring (bicyclic) bond motifs is 1. The van der Waals surface area contributed by atoms with Crippen LogP contribution in [0.2, 0.25) is 0 Å². The summed E-state index contributed by atoms with van der Waals surface area (Å²) in [4.78, 5) is 13.5. The molecule has 2 rings (SSSR count). The standard InChI is InChI=1S/C10H16ClNO/c11-10(13)8-4-5-9-3-1-2-6-12(9)7-8/h8-9H,1-7H2. The lowest BCUT2D eigenvalue weighted by molar-refractivity contribution is -0.117. The van der Waals surface area contributed by atoms with Gasteiger partial charge in [-0.05, 0) is 43.8 Å². The van der Waals surface area contributed by atoms with E-state index in [9.17, 15) is 4.79 Å². The second-order valence-corrected chi connectivity index (χ2v) is 4.60. The second kappa shape index (κ2) is 3.97. The molecule has 0 saturated carbocycles. The van der Waals surface area contributed by atoms with Crippen LogP contribution in [0.3, 0.4) is 0 Å². The summed E-state index contributed by atoms with van der Waals surface area (Å²) in [5.74, 6) is 0.107. The molecular formula is C10H16ClNO. The molecule has 2 aliphatic heterocycles. The molecule has 0 bridgehead atoms. The molecule has 2 unspecified atom stereocenters. The van der Waals surface area contributed by atoms with Gasteiger partial charge in [-0.1, -0.05) is 6.42 Å². The van der Waals surface area contributed by atoms with E-state index in [-0.39, 0.29) is 11.2 Å². The van der Waals surface area contributed by atoms with Gasteiger partial charge in [-0.3, -0.25) is 9.69 Å². The lowest BCUT2D eigenvalue weighted by atomic mass is 9.88. The van der Waals surface area contributed by atoms with Gasteiger partial charge in [0.15, 0.2) is 0 Å². The predicted molar refractivity (Wildman–Crippen MR) is 52.8 cm³/mol. The summed E-state index contributed by atoms with van der Waals surface area (Å²) in [5.41, 5.74) is 0. The normalized spacial score (nSPS) is 35.5. The van der Waals surface area contributed by atoms with Crippen LogP contribution in [0.5, 0.6) is 0 Å². The minimum atomic E-state index is -0.135. The molecule has 0 aromatic rings. The van der Waals surface area contributed by atoms with E-state index in [1.54, 1.807) is 0 Å². The number of carbonyl (C=O) groups excluding carboxylic acids is 1. The SMILES string of the molecule is O=C(Cl)C1CCC2CCCCN2C1. The van der Waals surface area contributed by atoms with Crippen molar-refractivity contribution in [1.82, 2.24) is 4.90 Å². The first-order chi connectivity index (χ1) is 6.27. The molecule has 0 aromatic carbocycles. The Balaban J connectivity index is 1.95. The average Bonchev–Trinajstić information content (AvgIpc) is 2.17. The number of nitrogens with zero attached hydrogens (tertiary/aromatic N) is 1. The summed E-state index contributed by atoms with van der Waals surface area (Å²) >= 11 is 5.52. The Bertz CT molecular complexity index is 207. The van der Waals surface area contributed by atoms with E-state index in [4.69, 9.17) is 11.6 Å². The van der Waals surface area contributed by atoms with Gasteiger partial charge >= 0.3 is 0 Å². The monoisotopic (exact) mass is 201 g/mol. The summed E-state index contributed by atoms with van der Waals surface area (Å²) in [6.45, 7) is 2.08. The van der Waals surface area contributed by atoms with Gasteiger partial charge in [-0.25, -0.2) is 0 Å². The zero-order chi connectivity index (χ0) is 9.26. The summed E-state index contributed by atoms with van der Waals surface area (Å²) in [7, 11) is 0. The Morgan fingerprint density at radius 2 is 2.08 bits per heavy atom. The van der Waals surface area contributed by atoms with Crippen LogP contribution in [-0.4, -0.2) is 29.3 Å². The molecule has 0 aromatic heterocycles. The zero-order valence-corrected chi connectivity index (χ0v) is 8.59. The Kier molecular flexibility index (Phi) is 2.89. The van der Waals surface area contributed by atoms with Crippen molar-refractivity contribution >= 4 is 16.8 Å². The zero-order valence-electron chi connectivity index (χ0n) is 7.84. The van der Waals surface area contributed by atoms with Crippen molar-refractivity contribution < 1.29 is 4.79 Å². The van der Waals surface area contributed by atoms with Gasteiger partial charge in [0.1, 0.15) is 0 Å². The Morgan fingerprint density at radius 3 is 2.85 bits per heavy atom. The molecule has 2 fully saturated rings. The summed E-state index contributed by atoms with van der Waals surface area (Å²) in [6.07, 6.45) is 6.15. The van der Waals surface area contributed by atoms with E-state index in [0.29, 0.717) is 0 Å². The van der Waals surface area contributed by atoms with Crippen LogP contribution in [-0.2, 0) is 4.79 Å². The number of hydrogen-bond donors (Lipinski definition) is 0. The molecule has 0 radical (unpaired) electrons. The maximum atomic E-state index is 11.0. The Morgan fingerprint density at radius 1 is 1.23 bits per heavy atom. The van der Waals surface area contributed by atoms with Gasteiger partial charge in [-0.15, -0.1) is 0 Å². The molecule has 2 heterocycles. The quantitative estimate of drug-likeness (QED) is 0.605. The molecule has 2 aliphatic rings. The van der Waals surface area contributed by atoms with Gasteiger partial charge in [0.2, 0.25) is 5.24 Å². The fraction of sp³-hybridized carbons (Fsp3) is 0.900. The maximum Gasteiger partial charge on any atom is 0.226 e. The first kappa shape index (κ1) is 9.47. The van der Waals surface area contributed by atoms with Crippen LogP contribution < -0.4 is 0 Å². The lowest BCUT2D eigenvalue weighted by Crippen LogP contribution is -2.47. The molecule has 0 amide bonds. The maximum absolute atomic E-state index is 11.0. The van der Waals surface area contributed by atoms with E-state index in [1.165, 1.54) is 32.2 Å². The largest absolute Gasteiger partial charge is 0.300 e. The van der Waals surface area contributed by atoms with Crippen LogP contribution in [0.15, 0.2) is 0 Å². The van der Waals surface area contributed by atoms with E-state index in [0.717, 1.165) is 19.0 Å². The van der Waals surface area contributed by atoms with Gasteiger partial charge in [0, 0.05) is 18.5 Å². The summed E-state index contributed by atoms with van der Waals surface area (Å²) in [6, 6.07) is 0.751. The number of carbonyl (C=O) groups is 1. The number of hydrogen-bond acceptors (Lipinski definition) is 2. The van der Waals surface area contributed by atoms with Crippen LogP contribution in [0, 0.1) is 5.92 Å². The third-order valence-corrected chi connectivity index (χ3v) is 3.68. The predicted octanol–water partition coefficient (Wildman–Crippen LogP) is 2.02. The van der Waals surface area contributed by atoms with E-state index in [1.807, 2.05) is 0 Å². The van der Waals surface area contributed by atoms with Crippen LogP contribution in [0.1, 0.15) is 32.1 Å². The van der Waals surface area contributed by atoms with Crippen molar-refractivity contribution in [2.75, 3.05) is 13.1 Å². The number of rotatable bonds is 1. The van der Waals surface area contributed by atoms with Crippen molar-refractivity contribution in [2.24, 2.45) is 5.92 Å². The van der Waals surface area contributed by atoms with Gasteiger partial charge in [0.05, 0.1) is 0 Å². The lowest BCUT2D eigenvalue weighted by Gasteiger charge is -2.41. The van der Waals surface area contributed by atoms with Gasteiger partial charge in [-0.2, -0.15) is 0 Å². The molecule has 2 nitrogen and oxygen atoms in total. The fourth-order valence-electron chi connectivity index (χ4n) is 2.58. The molecule has 2 saturated heterocycles. The van der Waals surface area contributed by atoms with Crippen LogP contribution in [0.4, 0.5) is 0 Å². The van der Waals surface area contributed by atoms with Crippen molar-refractivity contribution in [2.45, 2.75) is 38.1 Å². The third kappa shape index (κ3) is 2.05. The van der Waals surface area contributed by atoms with Crippen molar-refractivity contribution in [1.29, 1.82) is 0 Å². The highest BCUT2D eigenvalue weighted by Crippen LogP contribution is 2.29. The van der Waals surface area contributed by atoms with Gasteiger partial charge < -0.3 is 0 Å². The highest BCUT2D eigenvalue weighted by Gasteiger charge is 2.32. The third-order valence-electron chi connectivity index (χ3n) is 3.37. The fourth-order valence-corrected chi connectivity index (χ4v) is 2.76. The summed E-state index contributed by atoms with van der Waals surface area (Å²) in [5, 5.41) is -0.135. The Labute approximate surface area is 84.2 Å². The second-order valence-electron chi connectivity index (χ2n) is 4.22. The van der Waals surface area contributed by atoms with Crippen molar-refractivity contribution in [3.8, 4) is 0 Å². The van der Waals surface area contributed by atoms with Gasteiger partial charge in [0.25, 0.3) is 0 Å². The van der Waals surface area contributed by atoms with Crippen molar-refractivity contribution in [3.05, 3.63) is 0 Å². The van der Waals surface area contributed by atoms with Crippen LogP contribution >= 0.6 is 11.6 Å². The molecule has 3 heteroatoms. The summed E-state index contributed by atoms with van der Waals surface area (Å²) < 4.78 is 0. The molecular weight excluding hydrogens is 186 g/mol. The van der Waals surface area contributed by atoms with E-state index >= 15 is 0 Å². The molecule has 0 aliphatic carbocycles. The van der Waals surface area contributed by atoms with Crippen LogP contribution in [0.25, 0.3) is 0 Å². The number of halogens is 1. The minimum absolute atomic E-state index is 0.107. The van der Waals surface area contributed by atoms with Crippen molar-refractivity contribution in [3.63, 3.8) is 0 Å². The van der Waals surface area contributed by atoms with E-state index < -0.39 is 0 Å². The molecule has 2 atom stereocenters. The van der Waals surface area contributed by atoms with E-state index in [2.05, 4.69) is 4.90 Å². The number of piperidine rings is 2.